The highest BCUT2D eigenvalue weighted by Crippen LogP contribution is 1.86. The lowest BCUT2D eigenvalue weighted by Crippen LogP contribution is -2.24. The number of nitrogens with one attached hydrogen (secondary N) is 1. The highest BCUT2D eigenvalue weighted by Gasteiger charge is 1.91. The molecule has 0 atom stereocenters. The van der Waals surface area contributed by atoms with Crippen LogP contribution in [0.2, 0.25) is 0 Å². The molecule has 2 heteroatoms. The van der Waals surface area contributed by atoms with Gasteiger partial charge in [-0.1, -0.05) is 39.5 Å². The Morgan fingerprint density at radius 1 is 1.21 bits per heavy atom. The van der Waals surface area contributed by atoms with Crippen molar-refractivity contribution in [2.45, 2.75) is 40.2 Å². The van der Waals surface area contributed by atoms with Crippen molar-refractivity contribution < 1.29 is 4.74 Å². The van der Waals surface area contributed by atoms with E-state index in [1.165, 1.54) is 0 Å². The van der Waals surface area contributed by atoms with Crippen molar-refractivity contribution in [3.05, 3.63) is 0 Å². The molecule has 0 aliphatic rings. The van der Waals surface area contributed by atoms with E-state index < -0.39 is 0 Å². The van der Waals surface area contributed by atoms with Crippen LogP contribution in [0.4, 0.5) is 0 Å². The van der Waals surface area contributed by atoms with Crippen molar-refractivity contribution in [3.8, 4) is 11.8 Å². The summed E-state index contributed by atoms with van der Waals surface area (Å²) < 4.78 is 5.35. The average molecular weight is 197 g/mol. The zero-order valence-corrected chi connectivity index (χ0v) is 9.89. The number of hydrogen-bond acceptors (Lipinski definition) is 2. The molecular weight excluding hydrogens is 174 g/mol. The zero-order chi connectivity index (χ0) is 10.8. The van der Waals surface area contributed by atoms with Crippen molar-refractivity contribution >= 4 is 0 Å². The maximum atomic E-state index is 5.35. The van der Waals surface area contributed by atoms with E-state index in [2.05, 4.69) is 44.9 Å². The van der Waals surface area contributed by atoms with Gasteiger partial charge in [-0.3, -0.25) is 0 Å². The van der Waals surface area contributed by atoms with Crippen molar-refractivity contribution in [2.75, 3.05) is 19.8 Å². The molecule has 0 bridgehead atoms. The molecule has 0 rings (SSSR count). The topological polar surface area (TPSA) is 21.3 Å². The molecule has 1 N–H and O–H groups in total. The second kappa shape index (κ2) is 9.05. The molecule has 0 unspecified atom stereocenters. The van der Waals surface area contributed by atoms with Crippen LogP contribution in [0, 0.1) is 17.8 Å². The van der Waals surface area contributed by atoms with Crippen LogP contribution in [0.25, 0.3) is 0 Å². The number of rotatable bonds is 6. The molecule has 0 saturated heterocycles. The van der Waals surface area contributed by atoms with E-state index in [4.69, 9.17) is 4.74 Å². The fraction of sp³-hybridized carbons (Fsp3) is 0.833. The standard InChI is InChI=1S/C12H23NO/c1-11(2)7-5-9-14-10-6-8-13-12(3)4/h11-13H,6,8-10H2,1-4H3. The van der Waals surface area contributed by atoms with E-state index in [-0.39, 0.29) is 0 Å². The summed E-state index contributed by atoms with van der Waals surface area (Å²) in [5.74, 6) is 6.50. The second-order valence-electron chi connectivity index (χ2n) is 3.99. The Labute approximate surface area is 88.4 Å². The van der Waals surface area contributed by atoms with Crippen LogP contribution in [-0.4, -0.2) is 25.8 Å². The third-order valence-electron chi connectivity index (χ3n) is 1.58. The quantitative estimate of drug-likeness (QED) is 0.520. The van der Waals surface area contributed by atoms with Gasteiger partial charge in [-0.2, -0.15) is 0 Å². The fourth-order valence-electron chi connectivity index (χ4n) is 0.934. The Hall–Kier alpha value is -0.520. The summed E-state index contributed by atoms with van der Waals surface area (Å²) in [7, 11) is 0. The summed E-state index contributed by atoms with van der Waals surface area (Å²) in [5.41, 5.74) is 0. The van der Waals surface area contributed by atoms with Gasteiger partial charge in [-0.25, -0.2) is 0 Å². The van der Waals surface area contributed by atoms with Crippen LogP contribution in [0.5, 0.6) is 0 Å². The first-order valence-corrected chi connectivity index (χ1v) is 5.42. The van der Waals surface area contributed by atoms with Crippen molar-refractivity contribution in [3.63, 3.8) is 0 Å². The minimum absolute atomic E-state index is 0.446. The maximum Gasteiger partial charge on any atom is 0.107 e. The van der Waals surface area contributed by atoms with E-state index in [9.17, 15) is 0 Å². The van der Waals surface area contributed by atoms with Gasteiger partial charge in [0.05, 0.1) is 0 Å². The van der Waals surface area contributed by atoms with Crippen LogP contribution in [-0.2, 0) is 4.74 Å². The van der Waals surface area contributed by atoms with Gasteiger partial charge in [0.25, 0.3) is 0 Å². The molecule has 82 valence electrons. The summed E-state index contributed by atoms with van der Waals surface area (Å²) in [6.07, 6.45) is 1.06. The molecule has 2 nitrogen and oxygen atoms in total. The predicted octanol–water partition coefficient (Wildman–Crippen LogP) is 2.05. The zero-order valence-electron chi connectivity index (χ0n) is 9.89. The van der Waals surface area contributed by atoms with Gasteiger partial charge in [-0.05, 0) is 13.0 Å². The molecule has 14 heavy (non-hydrogen) atoms. The van der Waals surface area contributed by atoms with E-state index in [1.54, 1.807) is 0 Å². The van der Waals surface area contributed by atoms with Crippen LogP contribution in [0.3, 0.4) is 0 Å². The van der Waals surface area contributed by atoms with Gasteiger partial charge >= 0.3 is 0 Å². The molecule has 0 aliphatic heterocycles. The molecule has 0 aromatic rings. The lowest BCUT2D eigenvalue weighted by Gasteiger charge is -2.06. The minimum Gasteiger partial charge on any atom is -0.369 e. The summed E-state index contributed by atoms with van der Waals surface area (Å²) in [6.45, 7) is 10.9. The van der Waals surface area contributed by atoms with E-state index in [0.29, 0.717) is 18.6 Å². The minimum atomic E-state index is 0.446. The summed E-state index contributed by atoms with van der Waals surface area (Å²) >= 11 is 0. The molecule has 0 aliphatic carbocycles. The Morgan fingerprint density at radius 3 is 2.50 bits per heavy atom. The Balaban J connectivity index is 3.11. The van der Waals surface area contributed by atoms with Gasteiger partial charge < -0.3 is 10.1 Å². The molecule has 0 spiro atoms. The highest BCUT2D eigenvalue weighted by atomic mass is 16.5. The first-order valence-electron chi connectivity index (χ1n) is 5.42. The molecule has 0 aromatic carbocycles. The van der Waals surface area contributed by atoms with Crippen LogP contribution in [0.15, 0.2) is 0 Å². The molecule has 0 amide bonds. The first-order chi connectivity index (χ1) is 6.63. The van der Waals surface area contributed by atoms with E-state index >= 15 is 0 Å². The van der Waals surface area contributed by atoms with Crippen molar-refractivity contribution in [1.82, 2.24) is 5.32 Å². The molecule has 0 saturated carbocycles. The van der Waals surface area contributed by atoms with Crippen LogP contribution in [0.1, 0.15) is 34.1 Å². The molecular formula is C12H23NO. The van der Waals surface area contributed by atoms with Gasteiger partial charge in [0.1, 0.15) is 6.61 Å². The molecule has 0 fully saturated rings. The monoisotopic (exact) mass is 197 g/mol. The third kappa shape index (κ3) is 11.5. The van der Waals surface area contributed by atoms with Crippen LogP contribution < -0.4 is 5.32 Å². The normalized spacial score (nSPS) is 10.4. The SMILES string of the molecule is CC(C)C#CCOCCCNC(C)C. The van der Waals surface area contributed by atoms with Crippen LogP contribution >= 0.6 is 0 Å². The van der Waals surface area contributed by atoms with Gasteiger partial charge in [0.2, 0.25) is 0 Å². The molecule has 0 aromatic heterocycles. The third-order valence-corrected chi connectivity index (χ3v) is 1.58. The summed E-state index contributed by atoms with van der Waals surface area (Å²) in [6, 6.07) is 0.565. The Morgan fingerprint density at radius 2 is 1.93 bits per heavy atom. The highest BCUT2D eigenvalue weighted by molar-refractivity contribution is 5.01. The van der Waals surface area contributed by atoms with E-state index in [1.807, 2.05) is 0 Å². The smallest absolute Gasteiger partial charge is 0.107 e. The molecule has 0 heterocycles. The largest absolute Gasteiger partial charge is 0.369 e. The van der Waals surface area contributed by atoms with Gasteiger partial charge in [-0.15, -0.1) is 0 Å². The lowest BCUT2D eigenvalue weighted by atomic mass is 10.2. The fourth-order valence-corrected chi connectivity index (χ4v) is 0.934. The Bertz CT molecular complexity index is 176. The average Bonchev–Trinajstić information content (AvgIpc) is 2.08. The maximum absolute atomic E-state index is 5.35. The second-order valence-corrected chi connectivity index (χ2v) is 3.99. The summed E-state index contributed by atoms with van der Waals surface area (Å²) in [4.78, 5) is 0. The lowest BCUT2D eigenvalue weighted by molar-refractivity contribution is 0.163. The predicted molar refractivity (Wildman–Crippen MR) is 61.2 cm³/mol. The van der Waals surface area contributed by atoms with E-state index in [0.717, 1.165) is 19.6 Å². The van der Waals surface area contributed by atoms with Crippen molar-refractivity contribution in [2.24, 2.45) is 5.92 Å². The number of ether oxygens (including phenoxy) is 1. The number of hydrogen-bond donors (Lipinski definition) is 1. The van der Waals surface area contributed by atoms with Gasteiger partial charge in [0.15, 0.2) is 0 Å². The van der Waals surface area contributed by atoms with Crippen molar-refractivity contribution in [1.29, 1.82) is 0 Å². The first kappa shape index (κ1) is 13.5. The molecule has 0 radical (unpaired) electrons. The Kier molecular flexibility index (Phi) is 8.72. The summed E-state index contributed by atoms with van der Waals surface area (Å²) in [5, 5.41) is 3.34. The van der Waals surface area contributed by atoms with Gasteiger partial charge in [0, 0.05) is 18.6 Å².